The molecule has 3 aromatic heterocycles. The molecule has 37 heavy (non-hydrogen) atoms. The zero-order chi connectivity index (χ0) is 26.2. The molecule has 0 radical (unpaired) electrons. The quantitative estimate of drug-likeness (QED) is 0.408. The van der Waals surface area contributed by atoms with Crippen molar-refractivity contribution in [2.45, 2.75) is 33.2 Å². The number of amides is 2. The molecular weight excluding hydrogens is 494 g/mol. The summed E-state index contributed by atoms with van der Waals surface area (Å²) in [7, 11) is 1.55. The number of anilines is 1. The number of methoxy groups -OCH3 is 1. The van der Waals surface area contributed by atoms with E-state index in [1.165, 1.54) is 10.7 Å². The largest absolute Gasteiger partial charge is 0.496 e. The van der Waals surface area contributed by atoms with Gasteiger partial charge in [-0.25, -0.2) is 9.50 Å². The number of aromatic nitrogens is 5. The molecule has 1 fully saturated rings. The Morgan fingerprint density at radius 2 is 2.11 bits per heavy atom. The number of ether oxygens (including phenoxy) is 1. The lowest BCUT2D eigenvalue weighted by Gasteiger charge is -2.38. The molecule has 11 heteroatoms. The SMILES string of the molecule is COc1ccc(Cl)cc1-c1nn(CC(=O)N2CCCC(C)(C)C2)cc1NC(=O)c1cnn2cccnc12. The van der Waals surface area contributed by atoms with Crippen molar-refractivity contribution in [3.63, 3.8) is 0 Å². The van der Waals surface area contributed by atoms with Crippen LogP contribution in [0.1, 0.15) is 37.0 Å². The lowest BCUT2D eigenvalue weighted by atomic mass is 9.84. The second-order valence-corrected chi connectivity index (χ2v) is 10.4. The molecule has 4 heterocycles. The first-order chi connectivity index (χ1) is 17.7. The summed E-state index contributed by atoms with van der Waals surface area (Å²) < 4.78 is 8.60. The Morgan fingerprint density at radius 1 is 1.27 bits per heavy atom. The summed E-state index contributed by atoms with van der Waals surface area (Å²) >= 11 is 6.29. The van der Waals surface area contributed by atoms with Crippen LogP contribution in [0.15, 0.2) is 49.1 Å². The summed E-state index contributed by atoms with van der Waals surface area (Å²) in [5, 5.41) is 12.3. The van der Waals surface area contributed by atoms with Crippen LogP contribution in [-0.4, -0.2) is 61.3 Å². The molecule has 192 valence electrons. The average molecular weight is 522 g/mol. The Labute approximate surface area is 219 Å². The summed E-state index contributed by atoms with van der Waals surface area (Å²) in [5.41, 5.74) is 2.25. The monoisotopic (exact) mass is 521 g/mol. The Bertz CT molecular complexity index is 1480. The van der Waals surface area contributed by atoms with Crippen LogP contribution in [0.5, 0.6) is 5.75 Å². The van der Waals surface area contributed by atoms with Crippen LogP contribution in [-0.2, 0) is 11.3 Å². The van der Waals surface area contributed by atoms with Gasteiger partial charge in [0.25, 0.3) is 5.91 Å². The summed E-state index contributed by atoms with van der Waals surface area (Å²) in [6.07, 6.45) is 8.49. The van der Waals surface area contributed by atoms with Crippen LogP contribution < -0.4 is 10.1 Å². The Hall–Kier alpha value is -3.92. The highest BCUT2D eigenvalue weighted by molar-refractivity contribution is 6.31. The number of halogens is 1. The van der Waals surface area contributed by atoms with E-state index >= 15 is 0 Å². The van der Waals surface area contributed by atoms with Gasteiger partial charge < -0.3 is 15.0 Å². The normalized spacial score (nSPS) is 15.1. The molecule has 1 aliphatic heterocycles. The molecule has 1 aliphatic rings. The van der Waals surface area contributed by atoms with Gasteiger partial charge in [0.1, 0.15) is 23.6 Å². The van der Waals surface area contributed by atoms with Crippen molar-refractivity contribution in [3.05, 3.63) is 59.6 Å². The standard InChI is InChI=1S/C26H28ClN7O3/c1-26(2)8-4-10-32(16-26)22(35)15-33-14-20(23(31-33)18-12-17(27)6-7-21(18)37-3)30-25(36)19-13-29-34-11-5-9-28-24(19)34/h5-7,9,11-14H,4,8,10,15-16H2,1-3H3,(H,30,36). The average Bonchev–Trinajstić information content (AvgIpc) is 3.47. The van der Waals surface area contributed by atoms with Crippen molar-refractivity contribution in [1.29, 1.82) is 0 Å². The third kappa shape index (κ3) is 5.15. The number of carbonyl (C=O) groups is 2. The maximum absolute atomic E-state index is 13.3. The number of likely N-dealkylation sites (tertiary alicyclic amines) is 1. The number of benzene rings is 1. The number of piperidine rings is 1. The van der Waals surface area contributed by atoms with Crippen molar-refractivity contribution in [2.75, 3.05) is 25.5 Å². The number of fused-ring (bicyclic) bond motifs is 1. The maximum atomic E-state index is 13.3. The summed E-state index contributed by atoms with van der Waals surface area (Å²) in [4.78, 5) is 32.6. The molecule has 5 rings (SSSR count). The highest BCUT2D eigenvalue weighted by Gasteiger charge is 2.29. The van der Waals surface area contributed by atoms with E-state index in [2.05, 4.69) is 34.3 Å². The molecule has 4 aromatic rings. The minimum atomic E-state index is -0.403. The third-order valence-corrected chi connectivity index (χ3v) is 6.74. The van der Waals surface area contributed by atoms with Crippen molar-refractivity contribution in [1.82, 2.24) is 29.3 Å². The number of carbonyl (C=O) groups excluding carboxylic acids is 2. The summed E-state index contributed by atoms with van der Waals surface area (Å²) in [6, 6.07) is 6.90. The summed E-state index contributed by atoms with van der Waals surface area (Å²) in [5.74, 6) is 0.107. The highest BCUT2D eigenvalue weighted by Crippen LogP contribution is 2.36. The molecule has 0 bridgehead atoms. The first-order valence-electron chi connectivity index (χ1n) is 12.0. The second kappa shape index (κ2) is 9.85. The van der Waals surface area contributed by atoms with E-state index < -0.39 is 5.91 Å². The molecular formula is C26H28ClN7O3. The fourth-order valence-electron chi connectivity index (χ4n) is 4.71. The van der Waals surface area contributed by atoms with E-state index in [-0.39, 0.29) is 17.9 Å². The van der Waals surface area contributed by atoms with Gasteiger partial charge in [0, 0.05) is 42.3 Å². The van der Waals surface area contributed by atoms with Gasteiger partial charge in [-0.2, -0.15) is 10.2 Å². The summed E-state index contributed by atoms with van der Waals surface area (Å²) in [6.45, 7) is 5.82. The smallest absolute Gasteiger partial charge is 0.261 e. The van der Waals surface area contributed by atoms with E-state index in [9.17, 15) is 9.59 Å². The van der Waals surface area contributed by atoms with Crippen LogP contribution >= 0.6 is 11.6 Å². The van der Waals surface area contributed by atoms with E-state index in [4.69, 9.17) is 16.3 Å². The van der Waals surface area contributed by atoms with Crippen LogP contribution in [0.2, 0.25) is 5.02 Å². The topological polar surface area (TPSA) is 107 Å². The van der Waals surface area contributed by atoms with E-state index in [0.717, 1.165) is 19.4 Å². The molecule has 10 nitrogen and oxygen atoms in total. The minimum Gasteiger partial charge on any atom is -0.496 e. The number of hydrogen-bond acceptors (Lipinski definition) is 6. The fraction of sp³-hybridized carbons (Fsp3) is 0.346. The number of nitrogens with zero attached hydrogens (tertiary/aromatic N) is 6. The van der Waals surface area contributed by atoms with E-state index in [1.54, 1.807) is 54.6 Å². The number of nitrogens with one attached hydrogen (secondary N) is 1. The van der Waals surface area contributed by atoms with Crippen molar-refractivity contribution >= 4 is 34.7 Å². The molecule has 1 aromatic carbocycles. The zero-order valence-corrected chi connectivity index (χ0v) is 21.7. The Morgan fingerprint density at radius 3 is 2.89 bits per heavy atom. The molecule has 0 saturated carbocycles. The van der Waals surface area contributed by atoms with Crippen LogP contribution in [0.3, 0.4) is 0 Å². The molecule has 0 atom stereocenters. The molecule has 1 N–H and O–H groups in total. The predicted octanol–water partition coefficient (Wildman–Crippen LogP) is 4.16. The lowest BCUT2D eigenvalue weighted by molar-refractivity contribution is -0.135. The van der Waals surface area contributed by atoms with Crippen molar-refractivity contribution in [2.24, 2.45) is 5.41 Å². The molecule has 0 aliphatic carbocycles. The Kier molecular flexibility index (Phi) is 6.59. The predicted molar refractivity (Wildman–Crippen MR) is 140 cm³/mol. The van der Waals surface area contributed by atoms with Crippen LogP contribution in [0.4, 0.5) is 5.69 Å². The first-order valence-corrected chi connectivity index (χ1v) is 12.4. The van der Waals surface area contributed by atoms with E-state index in [0.29, 0.717) is 45.5 Å². The highest BCUT2D eigenvalue weighted by atomic mass is 35.5. The third-order valence-electron chi connectivity index (χ3n) is 6.50. The van der Waals surface area contributed by atoms with Crippen LogP contribution in [0.25, 0.3) is 16.9 Å². The van der Waals surface area contributed by atoms with Gasteiger partial charge >= 0.3 is 0 Å². The van der Waals surface area contributed by atoms with Gasteiger partial charge in [-0.3, -0.25) is 14.3 Å². The maximum Gasteiger partial charge on any atom is 0.261 e. The number of rotatable bonds is 6. The van der Waals surface area contributed by atoms with Gasteiger partial charge in [-0.1, -0.05) is 25.4 Å². The van der Waals surface area contributed by atoms with Gasteiger partial charge in [0.2, 0.25) is 5.91 Å². The molecule has 1 saturated heterocycles. The lowest BCUT2D eigenvalue weighted by Crippen LogP contribution is -2.44. The molecule has 0 spiro atoms. The first kappa shape index (κ1) is 24.8. The molecule has 2 amide bonds. The van der Waals surface area contributed by atoms with Crippen molar-refractivity contribution in [3.8, 4) is 17.0 Å². The van der Waals surface area contributed by atoms with Gasteiger partial charge in [-0.15, -0.1) is 0 Å². The Balaban J connectivity index is 1.49. The molecule has 0 unspecified atom stereocenters. The van der Waals surface area contributed by atoms with Crippen molar-refractivity contribution < 1.29 is 14.3 Å². The van der Waals surface area contributed by atoms with Gasteiger partial charge in [0.05, 0.1) is 19.0 Å². The second-order valence-electron chi connectivity index (χ2n) is 9.92. The minimum absolute atomic E-state index is 0.0235. The van der Waals surface area contributed by atoms with Gasteiger partial charge in [-0.05, 0) is 42.5 Å². The fourth-order valence-corrected chi connectivity index (χ4v) is 4.88. The van der Waals surface area contributed by atoms with Crippen LogP contribution in [0, 0.1) is 5.41 Å². The van der Waals surface area contributed by atoms with E-state index in [1.807, 2.05) is 4.90 Å². The zero-order valence-electron chi connectivity index (χ0n) is 20.9. The van der Waals surface area contributed by atoms with Gasteiger partial charge in [0.15, 0.2) is 5.65 Å². The number of hydrogen-bond donors (Lipinski definition) is 1.